The standard InChI is InChI=1S/C17H21NO/c1-2-15-8-6-7-9-16(15)14-18-12-13-19-17-10-4-3-5-11-17/h3-11,18H,2,12-14H2,1H3. The molecule has 2 aromatic carbocycles. The van der Waals surface area contributed by atoms with Crippen LogP contribution in [0.5, 0.6) is 5.75 Å². The predicted molar refractivity (Wildman–Crippen MR) is 79.5 cm³/mol. The lowest BCUT2D eigenvalue weighted by atomic mass is 10.1. The minimum absolute atomic E-state index is 0.693. The summed E-state index contributed by atoms with van der Waals surface area (Å²) >= 11 is 0. The van der Waals surface area contributed by atoms with E-state index in [2.05, 4.69) is 36.5 Å². The van der Waals surface area contributed by atoms with E-state index in [0.29, 0.717) is 6.61 Å². The molecule has 19 heavy (non-hydrogen) atoms. The average molecular weight is 255 g/mol. The molecule has 0 aliphatic carbocycles. The number of hydrogen-bond donors (Lipinski definition) is 1. The van der Waals surface area contributed by atoms with Gasteiger partial charge in [-0.1, -0.05) is 49.4 Å². The lowest BCUT2D eigenvalue weighted by Crippen LogP contribution is -2.21. The molecule has 0 atom stereocenters. The van der Waals surface area contributed by atoms with Crippen LogP contribution in [0.4, 0.5) is 0 Å². The van der Waals surface area contributed by atoms with Crippen LogP contribution < -0.4 is 10.1 Å². The number of para-hydroxylation sites is 1. The van der Waals surface area contributed by atoms with Gasteiger partial charge in [0, 0.05) is 13.1 Å². The summed E-state index contributed by atoms with van der Waals surface area (Å²) in [6, 6.07) is 18.5. The number of hydrogen-bond acceptors (Lipinski definition) is 2. The summed E-state index contributed by atoms with van der Waals surface area (Å²) < 4.78 is 5.64. The minimum atomic E-state index is 0.693. The van der Waals surface area contributed by atoms with Gasteiger partial charge in [0.1, 0.15) is 12.4 Å². The first-order chi connectivity index (χ1) is 9.40. The Morgan fingerprint density at radius 1 is 0.895 bits per heavy atom. The van der Waals surface area contributed by atoms with Gasteiger partial charge < -0.3 is 10.1 Å². The van der Waals surface area contributed by atoms with E-state index in [1.54, 1.807) is 0 Å². The highest BCUT2D eigenvalue weighted by molar-refractivity contribution is 5.26. The molecular formula is C17H21NO. The summed E-state index contributed by atoms with van der Waals surface area (Å²) in [5, 5.41) is 3.42. The number of ether oxygens (including phenoxy) is 1. The van der Waals surface area contributed by atoms with Crippen molar-refractivity contribution < 1.29 is 4.74 Å². The Labute approximate surface area is 115 Å². The van der Waals surface area contributed by atoms with E-state index in [4.69, 9.17) is 4.74 Å². The zero-order chi connectivity index (χ0) is 13.3. The van der Waals surface area contributed by atoms with Crippen LogP contribution in [-0.4, -0.2) is 13.2 Å². The van der Waals surface area contributed by atoms with E-state index >= 15 is 0 Å². The van der Waals surface area contributed by atoms with Crippen LogP contribution in [0.25, 0.3) is 0 Å². The first-order valence-corrected chi connectivity index (χ1v) is 6.85. The molecule has 0 spiro atoms. The highest BCUT2D eigenvalue weighted by Crippen LogP contribution is 2.09. The fourth-order valence-electron chi connectivity index (χ4n) is 2.06. The third-order valence-corrected chi connectivity index (χ3v) is 3.11. The predicted octanol–water partition coefficient (Wildman–Crippen LogP) is 3.42. The van der Waals surface area contributed by atoms with Gasteiger partial charge in [-0.2, -0.15) is 0 Å². The number of nitrogens with one attached hydrogen (secondary N) is 1. The van der Waals surface area contributed by atoms with Gasteiger partial charge in [0.2, 0.25) is 0 Å². The summed E-state index contributed by atoms with van der Waals surface area (Å²) in [7, 11) is 0. The molecule has 2 heteroatoms. The second-order valence-electron chi connectivity index (χ2n) is 4.46. The summed E-state index contributed by atoms with van der Waals surface area (Å²) in [5.41, 5.74) is 2.80. The van der Waals surface area contributed by atoms with Crippen molar-refractivity contribution in [2.45, 2.75) is 19.9 Å². The molecule has 2 aromatic rings. The molecule has 2 nitrogen and oxygen atoms in total. The lowest BCUT2D eigenvalue weighted by molar-refractivity contribution is 0.313. The molecule has 0 bridgehead atoms. The monoisotopic (exact) mass is 255 g/mol. The Morgan fingerprint density at radius 2 is 1.58 bits per heavy atom. The molecule has 0 unspecified atom stereocenters. The van der Waals surface area contributed by atoms with Gasteiger partial charge >= 0.3 is 0 Å². The van der Waals surface area contributed by atoms with E-state index in [0.717, 1.165) is 25.3 Å². The summed E-state index contributed by atoms with van der Waals surface area (Å²) in [5.74, 6) is 0.929. The van der Waals surface area contributed by atoms with Crippen molar-refractivity contribution in [2.24, 2.45) is 0 Å². The third-order valence-electron chi connectivity index (χ3n) is 3.11. The van der Waals surface area contributed by atoms with Crippen LogP contribution >= 0.6 is 0 Å². The van der Waals surface area contributed by atoms with E-state index in [1.165, 1.54) is 11.1 Å². The summed E-state index contributed by atoms with van der Waals surface area (Å²) in [6.45, 7) is 4.64. The fraction of sp³-hybridized carbons (Fsp3) is 0.294. The minimum Gasteiger partial charge on any atom is -0.492 e. The van der Waals surface area contributed by atoms with E-state index < -0.39 is 0 Å². The normalized spacial score (nSPS) is 10.4. The average Bonchev–Trinajstić information content (AvgIpc) is 2.48. The van der Waals surface area contributed by atoms with Gasteiger partial charge in [-0.25, -0.2) is 0 Å². The topological polar surface area (TPSA) is 21.3 Å². The highest BCUT2D eigenvalue weighted by Gasteiger charge is 1.98. The molecule has 100 valence electrons. The van der Waals surface area contributed by atoms with Crippen molar-refractivity contribution in [1.82, 2.24) is 5.32 Å². The Bertz CT molecular complexity index is 482. The lowest BCUT2D eigenvalue weighted by Gasteiger charge is -2.10. The molecule has 0 aliphatic rings. The Kier molecular flexibility index (Phi) is 5.45. The van der Waals surface area contributed by atoms with Gasteiger partial charge in [0.05, 0.1) is 0 Å². The molecule has 0 fully saturated rings. The van der Waals surface area contributed by atoms with Crippen LogP contribution in [0.2, 0.25) is 0 Å². The second-order valence-corrected chi connectivity index (χ2v) is 4.46. The quantitative estimate of drug-likeness (QED) is 0.765. The molecule has 0 aliphatic heterocycles. The van der Waals surface area contributed by atoms with Gasteiger partial charge in [-0.15, -0.1) is 0 Å². The summed E-state index contributed by atoms with van der Waals surface area (Å²) in [6.07, 6.45) is 1.08. The van der Waals surface area contributed by atoms with E-state index in [9.17, 15) is 0 Å². The molecule has 0 aromatic heterocycles. The number of rotatable bonds is 7. The maximum Gasteiger partial charge on any atom is 0.119 e. The van der Waals surface area contributed by atoms with Crippen molar-refractivity contribution in [3.05, 3.63) is 65.7 Å². The van der Waals surface area contributed by atoms with E-state index in [1.807, 2.05) is 30.3 Å². The van der Waals surface area contributed by atoms with Crippen molar-refractivity contribution >= 4 is 0 Å². The van der Waals surface area contributed by atoms with Gasteiger partial charge in [0.25, 0.3) is 0 Å². The molecule has 0 heterocycles. The van der Waals surface area contributed by atoms with Crippen LogP contribution in [-0.2, 0) is 13.0 Å². The van der Waals surface area contributed by atoms with Gasteiger partial charge in [0.15, 0.2) is 0 Å². The second kappa shape index (κ2) is 7.59. The molecule has 0 amide bonds. The zero-order valence-electron chi connectivity index (χ0n) is 11.4. The van der Waals surface area contributed by atoms with Crippen LogP contribution in [0.3, 0.4) is 0 Å². The largest absolute Gasteiger partial charge is 0.492 e. The molecule has 0 radical (unpaired) electrons. The Hall–Kier alpha value is -1.80. The van der Waals surface area contributed by atoms with Crippen LogP contribution in [0, 0.1) is 0 Å². The first kappa shape index (κ1) is 13.6. The van der Waals surface area contributed by atoms with Gasteiger partial charge in [-0.05, 0) is 29.7 Å². The zero-order valence-corrected chi connectivity index (χ0v) is 11.4. The smallest absolute Gasteiger partial charge is 0.119 e. The number of aryl methyl sites for hydroxylation is 1. The SMILES string of the molecule is CCc1ccccc1CNCCOc1ccccc1. The maximum atomic E-state index is 5.64. The Balaban J connectivity index is 1.69. The van der Waals surface area contributed by atoms with Crippen LogP contribution in [0.1, 0.15) is 18.1 Å². The molecule has 0 saturated heterocycles. The number of benzene rings is 2. The van der Waals surface area contributed by atoms with Crippen molar-refractivity contribution in [2.75, 3.05) is 13.2 Å². The molecule has 2 rings (SSSR count). The third kappa shape index (κ3) is 4.42. The first-order valence-electron chi connectivity index (χ1n) is 6.85. The molecule has 0 saturated carbocycles. The summed E-state index contributed by atoms with van der Waals surface area (Å²) in [4.78, 5) is 0. The Morgan fingerprint density at radius 3 is 2.32 bits per heavy atom. The van der Waals surface area contributed by atoms with E-state index in [-0.39, 0.29) is 0 Å². The van der Waals surface area contributed by atoms with Gasteiger partial charge in [-0.3, -0.25) is 0 Å². The highest BCUT2D eigenvalue weighted by atomic mass is 16.5. The molecule has 1 N–H and O–H groups in total. The molecular weight excluding hydrogens is 234 g/mol. The van der Waals surface area contributed by atoms with Crippen molar-refractivity contribution in [3.63, 3.8) is 0 Å². The fourth-order valence-corrected chi connectivity index (χ4v) is 2.06. The van der Waals surface area contributed by atoms with Crippen molar-refractivity contribution in [1.29, 1.82) is 0 Å². The van der Waals surface area contributed by atoms with Crippen LogP contribution in [0.15, 0.2) is 54.6 Å². The van der Waals surface area contributed by atoms with Crippen molar-refractivity contribution in [3.8, 4) is 5.75 Å². The maximum absolute atomic E-state index is 5.64.